The van der Waals surface area contributed by atoms with Crippen LogP contribution in [0.3, 0.4) is 0 Å². The molecule has 29 heavy (non-hydrogen) atoms. The molecule has 8 nitrogen and oxygen atoms in total. The molecule has 0 bridgehead atoms. The molecule has 146 valence electrons. The minimum Gasteiger partial charge on any atom is -0.463 e. The van der Waals surface area contributed by atoms with Gasteiger partial charge in [0.1, 0.15) is 5.69 Å². The van der Waals surface area contributed by atoms with E-state index in [9.17, 15) is 4.79 Å². The van der Waals surface area contributed by atoms with E-state index in [-0.39, 0.29) is 5.91 Å². The van der Waals surface area contributed by atoms with Crippen LogP contribution in [0.5, 0.6) is 0 Å². The lowest BCUT2D eigenvalue weighted by Gasteiger charge is -2.34. The first-order valence-electron chi connectivity index (χ1n) is 9.29. The maximum Gasteiger partial charge on any atom is 0.274 e. The van der Waals surface area contributed by atoms with Gasteiger partial charge in [-0.3, -0.25) is 9.89 Å². The van der Waals surface area contributed by atoms with Crippen molar-refractivity contribution in [1.82, 2.24) is 25.3 Å². The molecule has 9 heteroatoms. The molecule has 0 spiro atoms. The lowest BCUT2D eigenvalue weighted by atomic mass is 10.2. The van der Waals surface area contributed by atoms with Gasteiger partial charge in [-0.15, -0.1) is 21.5 Å². The predicted molar refractivity (Wildman–Crippen MR) is 110 cm³/mol. The van der Waals surface area contributed by atoms with E-state index in [4.69, 9.17) is 4.42 Å². The van der Waals surface area contributed by atoms with Crippen LogP contribution in [0.25, 0.3) is 22.0 Å². The molecule has 0 radical (unpaired) electrons. The Hall–Kier alpha value is -3.46. The maximum absolute atomic E-state index is 12.8. The fourth-order valence-electron chi connectivity index (χ4n) is 3.34. The molecule has 1 amide bonds. The van der Waals surface area contributed by atoms with E-state index < -0.39 is 0 Å². The molecule has 1 saturated heterocycles. The average molecular weight is 406 g/mol. The lowest BCUT2D eigenvalue weighted by Crippen LogP contribution is -2.49. The van der Waals surface area contributed by atoms with E-state index in [0.29, 0.717) is 43.3 Å². The summed E-state index contributed by atoms with van der Waals surface area (Å²) in [5.41, 5.74) is 2.02. The zero-order chi connectivity index (χ0) is 19.6. The Morgan fingerprint density at radius 3 is 2.66 bits per heavy atom. The summed E-state index contributed by atoms with van der Waals surface area (Å²) in [7, 11) is 0. The van der Waals surface area contributed by atoms with Crippen molar-refractivity contribution in [1.29, 1.82) is 0 Å². The molecule has 0 unspecified atom stereocenters. The minimum atomic E-state index is -0.0528. The van der Waals surface area contributed by atoms with Crippen molar-refractivity contribution in [3.05, 3.63) is 59.8 Å². The molecule has 5 rings (SSSR count). The summed E-state index contributed by atoms with van der Waals surface area (Å²) in [5.74, 6) is 1.44. The molecule has 0 atom stereocenters. The van der Waals surface area contributed by atoms with E-state index >= 15 is 0 Å². The summed E-state index contributed by atoms with van der Waals surface area (Å²) in [5, 5.41) is 17.7. The molecule has 1 aliphatic rings. The van der Waals surface area contributed by atoms with Gasteiger partial charge in [0.05, 0.1) is 16.8 Å². The van der Waals surface area contributed by atoms with Gasteiger partial charge in [0.15, 0.2) is 17.3 Å². The Balaban J connectivity index is 1.22. The topological polar surface area (TPSA) is 91.2 Å². The number of piperazine rings is 1. The Labute approximate surface area is 170 Å². The first kappa shape index (κ1) is 17.6. The SMILES string of the molecule is O=C(c1cc(-c2cccs2)[nH]n1)N1CCN(c2ccc(-c3ccco3)nn2)CC1. The zero-order valence-corrected chi connectivity index (χ0v) is 16.3. The normalized spacial score (nSPS) is 14.3. The van der Waals surface area contributed by atoms with Gasteiger partial charge in [-0.1, -0.05) is 6.07 Å². The number of thiophene rings is 1. The molecule has 4 aromatic rings. The summed E-state index contributed by atoms with van der Waals surface area (Å²) in [4.78, 5) is 17.8. The van der Waals surface area contributed by atoms with Crippen LogP contribution >= 0.6 is 11.3 Å². The summed E-state index contributed by atoms with van der Waals surface area (Å²) in [6.45, 7) is 2.62. The fourth-order valence-corrected chi connectivity index (χ4v) is 4.03. The van der Waals surface area contributed by atoms with Crippen LogP contribution in [0.15, 0.2) is 58.5 Å². The van der Waals surface area contributed by atoms with Crippen LogP contribution in [0.2, 0.25) is 0 Å². The van der Waals surface area contributed by atoms with Gasteiger partial charge in [0.2, 0.25) is 0 Å². The van der Waals surface area contributed by atoms with Crippen molar-refractivity contribution in [2.75, 3.05) is 31.1 Å². The van der Waals surface area contributed by atoms with Crippen molar-refractivity contribution < 1.29 is 9.21 Å². The summed E-state index contributed by atoms with van der Waals surface area (Å²) in [6.07, 6.45) is 1.61. The number of H-pyrrole nitrogens is 1. The summed E-state index contributed by atoms with van der Waals surface area (Å²) < 4.78 is 5.34. The predicted octanol–water partition coefficient (Wildman–Crippen LogP) is 3.15. The fraction of sp³-hybridized carbons (Fsp3) is 0.200. The third-order valence-corrected chi connectivity index (χ3v) is 5.80. The number of nitrogens with zero attached hydrogens (tertiary/aromatic N) is 5. The van der Waals surface area contributed by atoms with Crippen molar-refractivity contribution in [3.63, 3.8) is 0 Å². The first-order valence-corrected chi connectivity index (χ1v) is 10.2. The first-order chi connectivity index (χ1) is 14.3. The molecule has 5 heterocycles. The van der Waals surface area contributed by atoms with Crippen LogP contribution in [-0.2, 0) is 0 Å². The van der Waals surface area contributed by atoms with Gasteiger partial charge in [-0.25, -0.2) is 0 Å². The lowest BCUT2D eigenvalue weighted by molar-refractivity contribution is 0.0740. The number of rotatable bonds is 4. The number of aromatic amines is 1. The number of anilines is 1. The monoisotopic (exact) mass is 406 g/mol. The quantitative estimate of drug-likeness (QED) is 0.560. The number of carbonyl (C=O) groups is 1. The van der Waals surface area contributed by atoms with Gasteiger partial charge >= 0.3 is 0 Å². The molecule has 1 aliphatic heterocycles. The highest BCUT2D eigenvalue weighted by Crippen LogP contribution is 2.24. The smallest absolute Gasteiger partial charge is 0.274 e. The van der Waals surface area contributed by atoms with Gasteiger partial charge < -0.3 is 14.2 Å². The molecule has 0 aromatic carbocycles. The van der Waals surface area contributed by atoms with Crippen LogP contribution in [0.1, 0.15) is 10.5 Å². The summed E-state index contributed by atoms with van der Waals surface area (Å²) in [6, 6.07) is 13.3. The minimum absolute atomic E-state index is 0.0528. The number of amides is 1. The van der Waals surface area contributed by atoms with Crippen molar-refractivity contribution in [2.24, 2.45) is 0 Å². The van der Waals surface area contributed by atoms with E-state index in [1.807, 2.05) is 52.7 Å². The molecular weight excluding hydrogens is 388 g/mol. The molecule has 0 saturated carbocycles. The van der Waals surface area contributed by atoms with Gasteiger partial charge in [0, 0.05) is 26.2 Å². The van der Waals surface area contributed by atoms with Crippen LogP contribution in [-0.4, -0.2) is 57.4 Å². The number of furan rings is 1. The van der Waals surface area contributed by atoms with E-state index in [0.717, 1.165) is 16.4 Å². The molecule has 0 aliphatic carbocycles. The molecule has 4 aromatic heterocycles. The van der Waals surface area contributed by atoms with Crippen molar-refractivity contribution in [2.45, 2.75) is 0 Å². The number of hydrogen-bond acceptors (Lipinski definition) is 7. The highest BCUT2D eigenvalue weighted by Gasteiger charge is 2.25. The molecular formula is C20H18N6O2S. The number of hydrogen-bond donors (Lipinski definition) is 1. The maximum atomic E-state index is 12.8. The van der Waals surface area contributed by atoms with Crippen molar-refractivity contribution in [3.8, 4) is 22.0 Å². The molecule has 1 fully saturated rings. The third kappa shape index (κ3) is 3.52. The van der Waals surface area contributed by atoms with Gasteiger partial charge in [-0.05, 0) is 41.8 Å². The van der Waals surface area contributed by atoms with Gasteiger partial charge in [0.25, 0.3) is 5.91 Å². The second kappa shape index (κ2) is 7.51. The Morgan fingerprint density at radius 2 is 1.97 bits per heavy atom. The number of aromatic nitrogens is 4. The van der Waals surface area contributed by atoms with Crippen LogP contribution < -0.4 is 4.90 Å². The van der Waals surface area contributed by atoms with Gasteiger partial charge in [-0.2, -0.15) is 5.10 Å². The average Bonchev–Trinajstić information content (AvgIpc) is 3.55. The molecule has 1 N–H and O–H groups in total. The Kier molecular flexibility index (Phi) is 4.57. The third-order valence-electron chi connectivity index (χ3n) is 4.90. The highest BCUT2D eigenvalue weighted by atomic mass is 32.1. The Bertz CT molecular complexity index is 1080. The van der Waals surface area contributed by atoms with Crippen LogP contribution in [0, 0.1) is 0 Å². The van der Waals surface area contributed by atoms with E-state index in [2.05, 4.69) is 25.3 Å². The highest BCUT2D eigenvalue weighted by molar-refractivity contribution is 7.13. The second-order valence-electron chi connectivity index (χ2n) is 6.68. The standard InChI is InChI=1S/C20H18N6O2S/c27-20(16-13-15(22-23-16)18-4-2-12-29-18)26-9-7-25(8-10-26)19-6-5-14(21-24-19)17-3-1-11-28-17/h1-6,11-13H,7-10H2,(H,22,23). The van der Waals surface area contributed by atoms with E-state index in [1.54, 1.807) is 17.6 Å². The Morgan fingerprint density at radius 1 is 1.07 bits per heavy atom. The van der Waals surface area contributed by atoms with E-state index in [1.165, 1.54) is 0 Å². The number of carbonyl (C=O) groups excluding carboxylic acids is 1. The number of nitrogens with one attached hydrogen (secondary N) is 1. The summed E-state index contributed by atoms with van der Waals surface area (Å²) >= 11 is 1.61. The largest absolute Gasteiger partial charge is 0.463 e. The zero-order valence-electron chi connectivity index (χ0n) is 15.5. The van der Waals surface area contributed by atoms with Crippen molar-refractivity contribution >= 4 is 23.1 Å². The second-order valence-corrected chi connectivity index (χ2v) is 7.63. The van der Waals surface area contributed by atoms with Crippen LogP contribution in [0.4, 0.5) is 5.82 Å².